The van der Waals surface area contributed by atoms with E-state index in [2.05, 4.69) is 0 Å². The highest BCUT2D eigenvalue weighted by molar-refractivity contribution is 5.61. The van der Waals surface area contributed by atoms with Gasteiger partial charge in [0.1, 0.15) is 11.5 Å². The largest absolute Gasteiger partial charge is 0.496 e. The first kappa shape index (κ1) is 14.0. The van der Waals surface area contributed by atoms with Crippen molar-refractivity contribution in [3.05, 3.63) is 39.6 Å². The molecule has 0 aliphatic heterocycles. The van der Waals surface area contributed by atoms with E-state index < -0.39 is 4.92 Å². The van der Waals surface area contributed by atoms with Crippen molar-refractivity contribution in [2.24, 2.45) is 0 Å². The molecule has 98 valence electrons. The Bertz CT molecular complexity index is 466. The summed E-state index contributed by atoms with van der Waals surface area (Å²) in [5.74, 6) is 1.58. The molecule has 0 saturated heterocycles. The van der Waals surface area contributed by atoms with Crippen molar-refractivity contribution in [3.63, 3.8) is 0 Å². The molecule has 0 N–H and O–H groups in total. The molecule has 0 aromatic heterocycles. The minimum atomic E-state index is -0.512. The van der Waals surface area contributed by atoms with Crippen LogP contribution in [-0.4, -0.2) is 19.1 Å². The molecular formula is C13H17NO4. The summed E-state index contributed by atoms with van der Waals surface area (Å²) >= 11 is 0. The summed E-state index contributed by atoms with van der Waals surface area (Å²) in [5, 5.41) is 10.3. The Morgan fingerprint density at radius 3 is 2.28 bits per heavy atom. The summed E-state index contributed by atoms with van der Waals surface area (Å²) in [6.07, 6.45) is 2.28. The van der Waals surface area contributed by atoms with Crippen molar-refractivity contribution in [1.29, 1.82) is 0 Å². The van der Waals surface area contributed by atoms with Gasteiger partial charge in [0.2, 0.25) is 6.20 Å². The van der Waals surface area contributed by atoms with Gasteiger partial charge in [-0.05, 0) is 18.1 Å². The van der Waals surface area contributed by atoms with Crippen molar-refractivity contribution < 1.29 is 14.4 Å². The number of nitrogens with zero attached hydrogens (tertiary/aromatic N) is 1. The molecule has 0 fully saturated rings. The Balaban J connectivity index is 3.30. The maximum atomic E-state index is 10.3. The molecule has 0 unspecified atom stereocenters. The molecule has 5 heteroatoms. The summed E-state index contributed by atoms with van der Waals surface area (Å²) < 4.78 is 10.5. The van der Waals surface area contributed by atoms with Gasteiger partial charge in [0, 0.05) is 17.2 Å². The van der Waals surface area contributed by atoms with E-state index in [0.717, 1.165) is 11.8 Å². The second-order valence-electron chi connectivity index (χ2n) is 4.09. The third-order valence-electron chi connectivity index (χ3n) is 2.58. The van der Waals surface area contributed by atoms with Crippen molar-refractivity contribution >= 4 is 6.08 Å². The number of hydrogen-bond acceptors (Lipinski definition) is 4. The van der Waals surface area contributed by atoms with Crippen LogP contribution in [0.5, 0.6) is 11.5 Å². The lowest BCUT2D eigenvalue weighted by atomic mass is 9.99. The van der Waals surface area contributed by atoms with E-state index in [1.807, 2.05) is 19.9 Å². The molecule has 0 radical (unpaired) electrons. The molecule has 0 aliphatic rings. The van der Waals surface area contributed by atoms with Crippen LogP contribution in [0.25, 0.3) is 6.08 Å². The first-order valence-corrected chi connectivity index (χ1v) is 5.57. The van der Waals surface area contributed by atoms with E-state index >= 15 is 0 Å². The molecule has 0 heterocycles. The normalized spacial score (nSPS) is 10.9. The number of ether oxygens (including phenoxy) is 2. The van der Waals surface area contributed by atoms with Gasteiger partial charge in [0.25, 0.3) is 0 Å². The number of nitro groups is 1. The van der Waals surface area contributed by atoms with Crippen LogP contribution in [0.15, 0.2) is 18.3 Å². The van der Waals surface area contributed by atoms with E-state index in [1.54, 1.807) is 13.2 Å². The fourth-order valence-electron chi connectivity index (χ4n) is 1.67. The van der Waals surface area contributed by atoms with Crippen molar-refractivity contribution in [2.45, 2.75) is 19.8 Å². The Morgan fingerprint density at radius 1 is 1.22 bits per heavy atom. The van der Waals surface area contributed by atoms with Gasteiger partial charge in [-0.25, -0.2) is 0 Å². The van der Waals surface area contributed by atoms with Gasteiger partial charge in [-0.15, -0.1) is 0 Å². The maximum absolute atomic E-state index is 10.3. The molecule has 0 atom stereocenters. The summed E-state index contributed by atoms with van der Waals surface area (Å²) in [5.41, 5.74) is 1.63. The second-order valence-corrected chi connectivity index (χ2v) is 4.09. The van der Waals surface area contributed by atoms with Crippen molar-refractivity contribution in [1.82, 2.24) is 0 Å². The number of methoxy groups -OCH3 is 2. The SMILES string of the molecule is COc1cc(C(C)C)c(OC)cc1/C=C/[N+](=O)[O-]. The zero-order valence-electron chi connectivity index (χ0n) is 11.0. The highest BCUT2D eigenvalue weighted by atomic mass is 16.6. The second kappa shape index (κ2) is 6.05. The molecule has 0 aliphatic carbocycles. The van der Waals surface area contributed by atoms with Gasteiger partial charge in [-0.2, -0.15) is 0 Å². The molecule has 0 spiro atoms. The predicted molar refractivity (Wildman–Crippen MR) is 69.7 cm³/mol. The molecule has 0 bridgehead atoms. The molecular weight excluding hydrogens is 234 g/mol. The van der Waals surface area contributed by atoms with Gasteiger partial charge in [-0.1, -0.05) is 13.8 Å². The van der Waals surface area contributed by atoms with Gasteiger partial charge in [-0.3, -0.25) is 10.1 Å². The van der Waals surface area contributed by atoms with Crippen LogP contribution in [0.3, 0.4) is 0 Å². The first-order chi connectivity index (χ1) is 8.49. The fraction of sp³-hybridized carbons (Fsp3) is 0.385. The molecule has 0 saturated carbocycles. The number of hydrogen-bond donors (Lipinski definition) is 0. The van der Waals surface area contributed by atoms with E-state index in [0.29, 0.717) is 17.1 Å². The minimum Gasteiger partial charge on any atom is -0.496 e. The quantitative estimate of drug-likeness (QED) is 0.596. The number of benzene rings is 1. The third-order valence-corrected chi connectivity index (χ3v) is 2.58. The van der Waals surface area contributed by atoms with Crippen LogP contribution in [-0.2, 0) is 0 Å². The van der Waals surface area contributed by atoms with Crippen molar-refractivity contribution in [2.75, 3.05) is 14.2 Å². The Kier molecular flexibility index (Phi) is 4.71. The summed E-state index contributed by atoms with van der Waals surface area (Å²) in [6, 6.07) is 3.59. The Morgan fingerprint density at radius 2 is 1.83 bits per heavy atom. The maximum Gasteiger partial charge on any atom is 0.235 e. The zero-order valence-corrected chi connectivity index (χ0v) is 11.0. The molecule has 5 nitrogen and oxygen atoms in total. The van der Waals surface area contributed by atoms with E-state index in [1.165, 1.54) is 13.2 Å². The zero-order chi connectivity index (χ0) is 13.7. The van der Waals surface area contributed by atoms with E-state index in [9.17, 15) is 10.1 Å². The minimum absolute atomic E-state index is 0.280. The average Bonchev–Trinajstić information content (AvgIpc) is 2.34. The monoisotopic (exact) mass is 251 g/mol. The molecule has 1 aromatic carbocycles. The standard InChI is InChI=1S/C13H17NO4/c1-9(2)11-8-12(17-3)10(5-6-14(15)16)7-13(11)18-4/h5-9H,1-4H3/b6-5+. The van der Waals surface area contributed by atoms with Gasteiger partial charge < -0.3 is 9.47 Å². The average molecular weight is 251 g/mol. The Hall–Kier alpha value is -2.04. The van der Waals surface area contributed by atoms with Crippen LogP contribution < -0.4 is 9.47 Å². The van der Waals surface area contributed by atoms with Crippen LogP contribution in [0, 0.1) is 10.1 Å². The van der Waals surface area contributed by atoms with Crippen LogP contribution >= 0.6 is 0 Å². The Labute approximate surface area is 106 Å². The predicted octanol–water partition coefficient (Wildman–Crippen LogP) is 3.07. The molecule has 0 amide bonds. The van der Waals surface area contributed by atoms with Gasteiger partial charge in [0.05, 0.1) is 19.1 Å². The van der Waals surface area contributed by atoms with E-state index in [4.69, 9.17) is 9.47 Å². The van der Waals surface area contributed by atoms with Crippen molar-refractivity contribution in [3.8, 4) is 11.5 Å². The van der Waals surface area contributed by atoms with Crippen LogP contribution in [0.1, 0.15) is 30.9 Å². The van der Waals surface area contributed by atoms with Gasteiger partial charge >= 0.3 is 0 Å². The lowest BCUT2D eigenvalue weighted by molar-refractivity contribution is -0.400. The topological polar surface area (TPSA) is 61.6 Å². The smallest absolute Gasteiger partial charge is 0.235 e. The summed E-state index contributed by atoms with van der Waals surface area (Å²) in [7, 11) is 3.12. The molecule has 1 aromatic rings. The lowest BCUT2D eigenvalue weighted by Gasteiger charge is -2.15. The van der Waals surface area contributed by atoms with Gasteiger partial charge in [0.15, 0.2) is 0 Å². The summed E-state index contributed by atoms with van der Waals surface area (Å²) in [4.78, 5) is 9.84. The fourth-order valence-corrected chi connectivity index (χ4v) is 1.67. The van der Waals surface area contributed by atoms with E-state index in [-0.39, 0.29) is 5.92 Å². The third kappa shape index (κ3) is 3.23. The highest BCUT2D eigenvalue weighted by Crippen LogP contribution is 2.34. The molecule has 1 rings (SSSR count). The lowest BCUT2D eigenvalue weighted by Crippen LogP contribution is -1.98. The number of rotatable bonds is 5. The first-order valence-electron chi connectivity index (χ1n) is 5.57. The van der Waals surface area contributed by atoms with Crippen LogP contribution in [0.2, 0.25) is 0 Å². The summed E-state index contributed by atoms with van der Waals surface area (Å²) in [6.45, 7) is 4.09. The highest BCUT2D eigenvalue weighted by Gasteiger charge is 2.12. The molecule has 18 heavy (non-hydrogen) atoms. The van der Waals surface area contributed by atoms with Crippen LogP contribution in [0.4, 0.5) is 0 Å².